The molecule has 2 aliphatic rings. The zero-order valence-electron chi connectivity index (χ0n) is 13.1. The quantitative estimate of drug-likeness (QED) is 0.487. The summed E-state index contributed by atoms with van der Waals surface area (Å²) in [5.74, 6) is -1.22. The summed E-state index contributed by atoms with van der Waals surface area (Å²) in [6, 6.07) is 7.77. The van der Waals surface area contributed by atoms with Crippen LogP contribution in [0.1, 0.15) is 43.2 Å². The Morgan fingerprint density at radius 1 is 1.09 bits per heavy atom. The van der Waals surface area contributed by atoms with Gasteiger partial charge in [0.25, 0.3) is 0 Å². The summed E-state index contributed by atoms with van der Waals surface area (Å²) in [6.07, 6.45) is 6.66. The van der Waals surface area contributed by atoms with Gasteiger partial charge in [-0.15, -0.1) is 0 Å². The molecule has 1 saturated heterocycles. The van der Waals surface area contributed by atoms with Crippen molar-refractivity contribution in [2.45, 2.75) is 45.1 Å². The number of carbonyl (C=O) groups is 2. The van der Waals surface area contributed by atoms with Crippen molar-refractivity contribution in [3.63, 3.8) is 0 Å². The number of rotatable bonds is 3. The third-order valence-electron chi connectivity index (χ3n) is 4.32. The predicted molar refractivity (Wildman–Crippen MR) is 91.9 cm³/mol. The second kappa shape index (κ2) is 6.58. The molecule has 0 atom stereocenters. The SMILES string of the molecule is Cc1ccc(/C=N/N2C(=O)C(=O)N(C3CCCCC3)C2=S)cc1. The maximum Gasteiger partial charge on any atom is 0.339 e. The highest BCUT2D eigenvalue weighted by atomic mass is 32.1. The Morgan fingerprint density at radius 3 is 2.39 bits per heavy atom. The van der Waals surface area contributed by atoms with E-state index in [4.69, 9.17) is 12.2 Å². The first-order valence-corrected chi connectivity index (χ1v) is 8.31. The van der Waals surface area contributed by atoms with E-state index in [1.54, 1.807) is 6.21 Å². The molecule has 0 spiro atoms. The Labute approximate surface area is 141 Å². The molecule has 6 heteroatoms. The molecule has 2 fully saturated rings. The lowest BCUT2D eigenvalue weighted by molar-refractivity contribution is -0.144. The highest BCUT2D eigenvalue weighted by Gasteiger charge is 2.45. The lowest BCUT2D eigenvalue weighted by Crippen LogP contribution is -2.41. The van der Waals surface area contributed by atoms with Gasteiger partial charge >= 0.3 is 11.8 Å². The van der Waals surface area contributed by atoms with E-state index in [1.165, 1.54) is 11.3 Å². The Kier molecular flexibility index (Phi) is 4.52. The van der Waals surface area contributed by atoms with Crippen LogP contribution in [0.4, 0.5) is 0 Å². The van der Waals surface area contributed by atoms with E-state index in [2.05, 4.69) is 5.10 Å². The van der Waals surface area contributed by atoms with Gasteiger partial charge < -0.3 is 0 Å². The fourth-order valence-corrected chi connectivity index (χ4v) is 3.37. The van der Waals surface area contributed by atoms with Gasteiger partial charge in [-0.2, -0.15) is 10.1 Å². The van der Waals surface area contributed by atoms with Gasteiger partial charge in [-0.3, -0.25) is 14.5 Å². The van der Waals surface area contributed by atoms with E-state index in [9.17, 15) is 9.59 Å². The van der Waals surface area contributed by atoms with Crippen LogP contribution >= 0.6 is 12.2 Å². The molecule has 0 N–H and O–H groups in total. The molecule has 1 heterocycles. The van der Waals surface area contributed by atoms with Gasteiger partial charge in [0.2, 0.25) is 5.11 Å². The van der Waals surface area contributed by atoms with Crippen molar-refractivity contribution in [1.29, 1.82) is 0 Å². The summed E-state index contributed by atoms with van der Waals surface area (Å²) in [6.45, 7) is 2.00. The molecule has 1 aromatic rings. The lowest BCUT2D eigenvalue weighted by atomic mass is 9.94. The van der Waals surface area contributed by atoms with Gasteiger partial charge in [0.05, 0.1) is 6.21 Å². The summed E-state index contributed by atoms with van der Waals surface area (Å²) in [7, 11) is 0. The summed E-state index contributed by atoms with van der Waals surface area (Å²) in [5, 5.41) is 5.39. The number of hydrogen-bond donors (Lipinski definition) is 0. The van der Waals surface area contributed by atoms with Crippen LogP contribution in [-0.2, 0) is 9.59 Å². The van der Waals surface area contributed by atoms with Gasteiger partial charge in [-0.25, -0.2) is 0 Å². The number of thiocarbonyl (C=S) groups is 1. The van der Waals surface area contributed by atoms with Crippen LogP contribution in [0.2, 0.25) is 0 Å². The lowest BCUT2D eigenvalue weighted by Gasteiger charge is -2.29. The van der Waals surface area contributed by atoms with Gasteiger partial charge in [0, 0.05) is 6.04 Å². The van der Waals surface area contributed by atoms with Crippen LogP contribution in [-0.4, -0.2) is 39.1 Å². The Hall–Kier alpha value is -2.08. The third kappa shape index (κ3) is 3.17. The fourth-order valence-electron chi connectivity index (χ4n) is 3.01. The molecule has 0 bridgehead atoms. The smallest absolute Gasteiger partial charge is 0.276 e. The summed E-state index contributed by atoms with van der Waals surface area (Å²) < 4.78 is 0. The van der Waals surface area contributed by atoms with Crippen LogP contribution in [0.15, 0.2) is 29.4 Å². The Morgan fingerprint density at radius 2 is 1.74 bits per heavy atom. The average Bonchev–Trinajstić information content (AvgIpc) is 2.78. The summed E-state index contributed by atoms with van der Waals surface area (Å²) in [4.78, 5) is 25.9. The first-order valence-electron chi connectivity index (χ1n) is 7.90. The predicted octanol–water partition coefficient (Wildman–Crippen LogP) is 2.62. The van der Waals surface area contributed by atoms with Gasteiger partial charge in [0.15, 0.2) is 0 Å². The molecule has 1 saturated carbocycles. The number of nitrogens with zero attached hydrogens (tertiary/aromatic N) is 3. The molecule has 1 aliphatic heterocycles. The minimum atomic E-state index is -0.663. The van der Waals surface area contributed by atoms with E-state index in [-0.39, 0.29) is 11.2 Å². The number of aryl methyl sites for hydroxylation is 1. The fraction of sp³-hybridized carbons (Fsp3) is 0.412. The zero-order valence-corrected chi connectivity index (χ0v) is 13.9. The van der Waals surface area contributed by atoms with Crippen molar-refractivity contribution >= 4 is 35.4 Å². The zero-order chi connectivity index (χ0) is 16.4. The van der Waals surface area contributed by atoms with Crippen molar-refractivity contribution < 1.29 is 9.59 Å². The van der Waals surface area contributed by atoms with Crippen LogP contribution in [0, 0.1) is 6.92 Å². The van der Waals surface area contributed by atoms with Crippen LogP contribution in [0.25, 0.3) is 0 Å². The average molecular weight is 329 g/mol. The minimum Gasteiger partial charge on any atom is -0.276 e. The third-order valence-corrected chi connectivity index (χ3v) is 4.69. The van der Waals surface area contributed by atoms with Crippen LogP contribution in [0.3, 0.4) is 0 Å². The first kappa shape index (κ1) is 15.8. The second-order valence-corrected chi connectivity index (χ2v) is 6.39. The standard InChI is InChI=1S/C17H19N3O2S/c1-12-7-9-13(10-8-12)11-18-20-16(22)15(21)19(17(20)23)14-5-3-2-4-6-14/h7-11,14H,2-6H2,1H3/b18-11+. The van der Waals surface area contributed by atoms with E-state index in [1.807, 2.05) is 31.2 Å². The molecule has 0 unspecified atom stereocenters. The molecule has 120 valence electrons. The molecule has 2 amide bonds. The first-order chi connectivity index (χ1) is 11.1. The summed E-state index contributed by atoms with van der Waals surface area (Å²) >= 11 is 5.33. The Balaban J connectivity index is 1.77. The van der Waals surface area contributed by atoms with E-state index < -0.39 is 11.8 Å². The minimum absolute atomic E-state index is 0.0345. The molecule has 0 aromatic heterocycles. The van der Waals surface area contributed by atoms with Crippen molar-refractivity contribution in [2.24, 2.45) is 5.10 Å². The second-order valence-electron chi connectivity index (χ2n) is 6.02. The molecule has 23 heavy (non-hydrogen) atoms. The molecule has 3 rings (SSSR count). The highest BCUT2D eigenvalue weighted by Crippen LogP contribution is 2.27. The summed E-state index contributed by atoms with van der Waals surface area (Å²) in [5.41, 5.74) is 2.00. The Bertz CT molecular complexity index is 663. The molecule has 5 nitrogen and oxygen atoms in total. The van der Waals surface area contributed by atoms with Gasteiger partial charge in [-0.05, 0) is 37.5 Å². The molecule has 1 aliphatic carbocycles. The normalized spacial score (nSPS) is 20.1. The largest absolute Gasteiger partial charge is 0.339 e. The molecule has 1 aromatic carbocycles. The number of benzene rings is 1. The topological polar surface area (TPSA) is 53.0 Å². The van der Waals surface area contributed by atoms with E-state index >= 15 is 0 Å². The maximum atomic E-state index is 12.3. The van der Waals surface area contributed by atoms with E-state index in [0.717, 1.165) is 41.8 Å². The van der Waals surface area contributed by atoms with E-state index in [0.29, 0.717) is 0 Å². The number of carbonyl (C=O) groups excluding carboxylic acids is 2. The highest BCUT2D eigenvalue weighted by molar-refractivity contribution is 7.80. The number of hydrazone groups is 1. The van der Waals surface area contributed by atoms with Crippen molar-refractivity contribution in [2.75, 3.05) is 0 Å². The molecular weight excluding hydrogens is 310 g/mol. The van der Waals surface area contributed by atoms with Crippen LogP contribution in [0.5, 0.6) is 0 Å². The van der Waals surface area contributed by atoms with Gasteiger partial charge in [-0.1, -0.05) is 49.1 Å². The number of hydrogen-bond acceptors (Lipinski definition) is 4. The van der Waals surface area contributed by atoms with Crippen molar-refractivity contribution in [3.8, 4) is 0 Å². The maximum absolute atomic E-state index is 12.3. The van der Waals surface area contributed by atoms with Crippen LogP contribution < -0.4 is 0 Å². The monoisotopic (exact) mass is 329 g/mol. The van der Waals surface area contributed by atoms with Gasteiger partial charge in [0.1, 0.15) is 0 Å². The molecule has 0 radical (unpaired) electrons. The molecular formula is C17H19N3O2S. The van der Waals surface area contributed by atoms with Crippen molar-refractivity contribution in [1.82, 2.24) is 9.91 Å². The van der Waals surface area contributed by atoms with Crippen molar-refractivity contribution in [3.05, 3.63) is 35.4 Å². The number of amides is 2.